The minimum atomic E-state index is -1.42. The Labute approximate surface area is 135 Å². The third-order valence-electron chi connectivity index (χ3n) is 2.85. The van der Waals surface area contributed by atoms with Gasteiger partial charge < -0.3 is 14.8 Å². The van der Waals surface area contributed by atoms with Crippen LogP contribution in [0.25, 0.3) is 0 Å². The van der Waals surface area contributed by atoms with Gasteiger partial charge in [-0.3, -0.25) is 4.79 Å². The molecule has 6 nitrogen and oxygen atoms in total. The molecule has 0 heterocycles. The minimum absolute atomic E-state index is 0.196. The van der Waals surface area contributed by atoms with E-state index < -0.39 is 46.9 Å². The van der Waals surface area contributed by atoms with Gasteiger partial charge in [-0.05, 0) is 6.42 Å². The van der Waals surface area contributed by atoms with Crippen molar-refractivity contribution in [1.29, 1.82) is 0 Å². The fraction of sp³-hybridized carbons (Fsp3) is 0.267. The molecule has 0 saturated carbocycles. The molecule has 0 spiro atoms. The van der Waals surface area contributed by atoms with E-state index in [1.165, 1.54) is 6.08 Å². The van der Waals surface area contributed by atoms with Crippen LogP contribution in [0.1, 0.15) is 16.8 Å². The summed E-state index contributed by atoms with van der Waals surface area (Å²) in [6, 6.07) is -0.641. The minimum Gasteiger partial charge on any atom is -0.467 e. The summed E-state index contributed by atoms with van der Waals surface area (Å²) in [5.41, 5.74) is -1.04. The molecule has 0 aromatic heterocycles. The molecule has 1 rings (SSSR count). The van der Waals surface area contributed by atoms with Crippen LogP contribution in [0.15, 0.2) is 24.3 Å². The molecule has 0 aliphatic rings. The molecule has 0 saturated heterocycles. The predicted octanol–water partition coefficient (Wildman–Crippen LogP) is 1.49. The number of ether oxygens (including phenoxy) is 2. The molecular formula is C15H14F3NO5. The van der Waals surface area contributed by atoms with E-state index in [0.717, 1.165) is 20.3 Å². The number of methoxy groups -OCH3 is 2. The second kappa shape index (κ2) is 8.70. The second-order valence-electron chi connectivity index (χ2n) is 4.45. The van der Waals surface area contributed by atoms with E-state index in [0.29, 0.717) is 12.1 Å². The molecule has 24 heavy (non-hydrogen) atoms. The maximum atomic E-state index is 13.6. The molecule has 130 valence electrons. The Kier molecular flexibility index (Phi) is 6.97. The Hall–Kier alpha value is -2.84. The van der Waals surface area contributed by atoms with Crippen LogP contribution in [0.5, 0.6) is 0 Å². The summed E-state index contributed by atoms with van der Waals surface area (Å²) >= 11 is 0. The molecule has 0 bridgehead atoms. The predicted molar refractivity (Wildman–Crippen MR) is 75.4 cm³/mol. The van der Waals surface area contributed by atoms with Crippen molar-refractivity contribution in [1.82, 2.24) is 5.32 Å². The molecule has 1 N–H and O–H groups in total. The zero-order valence-corrected chi connectivity index (χ0v) is 12.8. The van der Waals surface area contributed by atoms with Crippen molar-refractivity contribution in [3.8, 4) is 0 Å². The van der Waals surface area contributed by atoms with Crippen molar-refractivity contribution in [2.24, 2.45) is 0 Å². The van der Waals surface area contributed by atoms with Crippen molar-refractivity contribution in [3.05, 3.63) is 47.3 Å². The Morgan fingerprint density at radius 2 is 1.71 bits per heavy atom. The third kappa shape index (κ3) is 5.11. The van der Waals surface area contributed by atoms with Crippen LogP contribution in [-0.2, 0) is 19.1 Å². The lowest BCUT2D eigenvalue weighted by Gasteiger charge is -2.15. The normalized spacial score (nSPS) is 11.9. The fourth-order valence-corrected chi connectivity index (χ4v) is 1.71. The molecule has 9 heteroatoms. The fourth-order valence-electron chi connectivity index (χ4n) is 1.71. The topological polar surface area (TPSA) is 81.7 Å². The third-order valence-corrected chi connectivity index (χ3v) is 2.85. The van der Waals surface area contributed by atoms with E-state index >= 15 is 0 Å². The van der Waals surface area contributed by atoms with Crippen LogP contribution >= 0.6 is 0 Å². The number of hydrogen-bond donors (Lipinski definition) is 1. The number of carbonyl (C=O) groups excluding carboxylic acids is 3. The lowest BCUT2D eigenvalue weighted by molar-refractivity contribution is -0.143. The molecule has 0 unspecified atom stereocenters. The van der Waals surface area contributed by atoms with E-state index in [9.17, 15) is 27.6 Å². The van der Waals surface area contributed by atoms with Crippen LogP contribution in [0.2, 0.25) is 0 Å². The molecule has 1 aromatic carbocycles. The molecule has 1 amide bonds. The zero-order valence-electron chi connectivity index (χ0n) is 12.8. The lowest BCUT2D eigenvalue weighted by atomic mass is 10.1. The van der Waals surface area contributed by atoms with Crippen molar-refractivity contribution in [2.75, 3.05) is 14.2 Å². The molecule has 0 radical (unpaired) electrons. The number of benzene rings is 1. The highest BCUT2D eigenvalue weighted by Crippen LogP contribution is 2.15. The Morgan fingerprint density at radius 1 is 1.12 bits per heavy atom. The summed E-state index contributed by atoms with van der Waals surface area (Å²) in [4.78, 5) is 34.5. The van der Waals surface area contributed by atoms with Gasteiger partial charge in [-0.15, -0.1) is 0 Å². The molecule has 0 aliphatic heterocycles. The Morgan fingerprint density at radius 3 is 2.21 bits per heavy atom. The van der Waals surface area contributed by atoms with Crippen molar-refractivity contribution in [3.63, 3.8) is 0 Å². The van der Waals surface area contributed by atoms with Gasteiger partial charge in [0.2, 0.25) is 0 Å². The average Bonchev–Trinajstić information content (AvgIpc) is 2.51. The van der Waals surface area contributed by atoms with Gasteiger partial charge >= 0.3 is 11.9 Å². The summed E-state index contributed by atoms with van der Waals surface area (Å²) in [7, 11) is 2.19. The van der Waals surface area contributed by atoms with Crippen LogP contribution in [0, 0.1) is 17.5 Å². The zero-order chi connectivity index (χ0) is 18.3. The maximum absolute atomic E-state index is 13.6. The number of carbonyl (C=O) groups is 3. The van der Waals surface area contributed by atoms with Crippen molar-refractivity contribution < 1.29 is 37.0 Å². The van der Waals surface area contributed by atoms with Gasteiger partial charge in [0.1, 0.15) is 29.1 Å². The highest BCUT2D eigenvalue weighted by Gasteiger charge is 2.25. The largest absolute Gasteiger partial charge is 0.467 e. The number of hydrogen-bond acceptors (Lipinski definition) is 5. The van der Waals surface area contributed by atoms with E-state index in [-0.39, 0.29) is 6.42 Å². The first-order chi connectivity index (χ1) is 11.3. The smallest absolute Gasteiger partial charge is 0.330 e. The molecule has 0 aliphatic carbocycles. The number of halogens is 3. The first-order valence-electron chi connectivity index (χ1n) is 6.57. The van der Waals surface area contributed by atoms with Crippen molar-refractivity contribution >= 4 is 17.8 Å². The summed E-state index contributed by atoms with van der Waals surface area (Å²) in [6.45, 7) is 0. The highest BCUT2D eigenvalue weighted by molar-refractivity contribution is 5.97. The highest BCUT2D eigenvalue weighted by atomic mass is 19.1. The van der Waals surface area contributed by atoms with Gasteiger partial charge in [0, 0.05) is 18.2 Å². The Bertz CT molecular complexity index is 652. The van der Waals surface area contributed by atoms with Crippen LogP contribution in [0.4, 0.5) is 13.2 Å². The first-order valence-corrected chi connectivity index (χ1v) is 6.57. The van der Waals surface area contributed by atoms with E-state index in [4.69, 9.17) is 0 Å². The SMILES string of the molecule is COC(=O)/C=C/C[C@H](NC(=O)c1c(F)cc(F)cc1F)C(=O)OC. The molecule has 0 fully saturated rings. The monoisotopic (exact) mass is 345 g/mol. The van der Waals surface area contributed by atoms with Crippen molar-refractivity contribution in [2.45, 2.75) is 12.5 Å². The molecule has 1 atom stereocenters. The number of nitrogens with one attached hydrogen (secondary N) is 1. The quantitative estimate of drug-likeness (QED) is 0.624. The average molecular weight is 345 g/mol. The molecular weight excluding hydrogens is 331 g/mol. The van der Waals surface area contributed by atoms with E-state index in [1.807, 2.05) is 0 Å². The lowest BCUT2D eigenvalue weighted by Crippen LogP contribution is -2.41. The summed E-state index contributed by atoms with van der Waals surface area (Å²) < 4.78 is 48.8. The van der Waals surface area contributed by atoms with Gasteiger partial charge in [0.05, 0.1) is 14.2 Å². The van der Waals surface area contributed by atoms with Gasteiger partial charge in [0.15, 0.2) is 0 Å². The van der Waals surface area contributed by atoms with Gasteiger partial charge in [0.25, 0.3) is 5.91 Å². The number of rotatable bonds is 6. The second-order valence-corrected chi connectivity index (χ2v) is 4.45. The van der Waals surface area contributed by atoms with Gasteiger partial charge in [-0.2, -0.15) is 0 Å². The standard InChI is InChI=1S/C15H14F3NO5/c1-23-12(20)5-3-4-11(15(22)24-2)19-14(21)13-9(17)6-8(16)7-10(13)18/h3,5-7,11H,4H2,1-2H3,(H,19,21)/b5-3+/t11-/m0/s1. The first kappa shape index (κ1) is 19.2. The van der Waals surface area contributed by atoms with E-state index in [1.54, 1.807) is 0 Å². The van der Waals surface area contributed by atoms with Gasteiger partial charge in [-0.25, -0.2) is 22.8 Å². The summed E-state index contributed by atoms with van der Waals surface area (Å²) in [5, 5.41) is 2.06. The van der Waals surface area contributed by atoms with Crippen LogP contribution < -0.4 is 5.32 Å². The van der Waals surface area contributed by atoms with Crippen LogP contribution in [-0.4, -0.2) is 38.1 Å². The van der Waals surface area contributed by atoms with Gasteiger partial charge in [-0.1, -0.05) is 6.08 Å². The van der Waals surface area contributed by atoms with Crippen LogP contribution in [0.3, 0.4) is 0 Å². The Balaban J connectivity index is 2.94. The van der Waals surface area contributed by atoms with E-state index in [2.05, 4.69) is 14.8 Å². The maximum Gasteiger partial charge on any atom is 0.330 e. The molecule has 1 aromatic rings. The number of esters is 2. The number of amides is 1. The summed E-state index contributed by atoms with van der Waals surface area (Å²) in [5.74, 6) is -6.89. The summed E-state index contributed by atoms with van der Waals surface area (Å²) in [6.07, 6.45) is 2.02.